The van der Waals surface area contributed by atoms with E-state index in [1.807, 2.05) is 42.7 Å². The molecule has 3 heteroatoms. The molecule has 18 heavy (non-hydrogen) atoms. The van der Waals surface area contributed by atoms with E-state index in [1.165, 1.54) is 0 Å². The first-order valence-corrected chi connectivity index (χ1v) is 6.02. The number of hydrogen-bond donors (Lipinski definition) is 1. The lowest BCUT2D eigenvalue weighted by atomic mass is 10.1. The molecule has 1 N–H and O–H groups in total. The van der Waals surface area contributed by atoms with E-state index in [4.69, 9.17) is 5.11 Å². The molecule has 2 aromatic rings. The van der Waals surface area contributed by atoms with E-state index in [-0.39, 0.29) is 6.61 Å². The summed E-state index contributed by atoms with van der Waals surface area (Å²) < 4.78 is 0. The van der Waals surface area contributed by atoms with E-state index in [0.29, 0.717) is 0 Å². The standard InChI is InChI=1S/C15H16N2O/c1-2-12-10-16-15(17-11-12)14-7-5-13(6-8-14)4-3-9-18/h3-8,10-11,18H,2,9H2,1H3/b4-3+. The Labute approximate surface area is 107 Å². The zero-order valence-electron chi connectivity index (χ0n) is 10.4. The smallest absolute Gasteiger partial charge is 0.159 e. The molecule has 0 aliphatic rings. The molecule has 0 bridgehead atoms. The van der Waals surface area contributed by atoms with Gasteiger partial charge in [0.2, 0.25) is 0 Å². The van der Waals surface area contributed by atoms with E-state index >= 15 is 0 Å². The number of aliphatic hydroxyl groups excluding tert-OH is 1. The van der Waals surface area contributed by atoms with E-state index in [0.717, 1.165) is 28.9 Å². The molecule has 0 amide bonds. The van der Waals surface area contributed by atoms with Crippen molar-refractivity contribution in [3.8, 4) is 11.4 Å². The van der Waals surface area contributed by atoms with Crippen LogP contribution >= 0.6 is 0 Å². The summed E-state index contributed by atoms with van der Waals surface area (Å²) in [5.74, 6) is 0.741. The largest absolute Gasteiger partial charge is 0.392 e. The van der Waals surface area contributed by atoms with Gasteiger partial charge < -0.3 is 5.11 Å². The van der Waals surface area contributed by atoms with Crippen molar-refractivity contribution < 1.29 is 5.11 Å². The van der Waals surface area contributed by atoms with Gasteiger partial charge in [0.15, 0.2) is 5.82 Å². The molecule has 0 saturated heterocycles. The van der Waals surface area contributed by atoms with Gasteiger partial charge in [-0.05, 0) is 17.5 Å². The van der Waals surface area contributed by atoms with Gasteiger partial charge in [-0.3, -0.25) is 0 Å². The van der Waals surface area contributed by atoms with E-state index in [2.05, 4.69) is 16.9 Å². The summed E-state index contributed by atoms with van der Waals surface area (Å²) in [6, 6.07) is 7.94. The minimum atomic E-state index is 0.0589. The summed E-state index contributed by atoms with van der Waals surface area (Å²) in [5, 5.41) is 8.70. The lowest BCUT2D eigenvalue weighted by Gasteiger charge is -2.01. The molecule has 0 aliphatic heterocycles. The highest BCUT2D eigenvalue weighted by Gasteiger charge is 2.00. The summed E-state index contributed by atoms with van der Waals surface area (Å²) in [6.45, 7) is 2.14. The Morgan fingerprint density at radius 3 is 2.33 bits per heavy atom. The molecule has 0 spiro atoms. The Bertz CT molecular complexity index is 515. The predicted molar refractivity (Wildman–Crippen MR) is 73.0 cm³/mol. The molecule has 92 valence electrons. The summed E-state index contributed by atoms with van der Waals surface area (Å²) in [6.07, 6.45) is 8.27. The van der Waals surface area contributed by atoms with E-state index in [1.54, 1.807) is 6.08 Å². The van der Waals surface area contributed by atoms with Gasteiger partial charge in [0, 0.05) is 18.0 Å². The third kappa shape index (κ3) is 3.02. The van der Waals surface area contributed by atoms with Crippen LogP contribution in [-0.2, 0) is 6.42 Å². The van der Waals surface area contributed by atoms with Crippen LogP contribution in [0.2, 0.25) is 0 Å². The fourth-order valence-electron chi connectivity index (χ4n) is 1.62. The molecule has 0 unspecified atom stereocenters. The molecular weight excluding hydrogens is 224 g/mol. The van der Waals surface area contributed by atoms with Crippen LogP contribution in [0.4, 0.5) is 0 Å². The average molecular weight is 240 g/mol. The van der Waals surface area contributed by atoms with Crippen molar-refractivity contribution in [2.75, 3.05) is 6.61 Å². The zero-order valence-corrected chi connectivity index (χ0v) is 10.4. The van der Waals surface area contributed by atoms with Gasteiger partial charge >= 0.3 is 0 Å². The second-order valence-corrected chi connectivity index (χ2v) is 3.98. The van der Waals surface area contributed by atoms with Gasteiger partial charge in [0.25, 0.3) is 0 Å². The molecule has 0 saturated carbocycles. The normalized spacial score (nSPS) is 11.0. The average Bonchev–Trinajstić information content (AvgIpc) is 2.46. The van der Waals surface area contributed by atoms with Gasteiger partial charge in [-0.25, -0.2) is 9.97 Å². The highest BCUT2D eigenvalue weighted by atomic mass is 16.2. The van der Waals surface area contributed by atoms with E-state index in [9.17, 15) is 0 Å². The number of aliphatic hydroxyl groups is 1. The van der Waals surface area contributed by atoms with Crippen molar-refractivity contribution in [3.63, 3.8) is 0 Å². The molecule has 2 rings (SSSR count). The Morgan fingerprint density at radius 2 is 1.78 bits per heavy atom. The Balaban J connectivity index is 2.20. The molecule has 1 aromatic heterocycles. The minimum absolute atomic E-state index is 0.0589. The van der Waals surface area contributed by atoms with Crippen molar-refractivity contribution in [3.05, 3.63) is 53.9 Å². The van der Waals surface area contributed by atoms with Crippen LogP contribution in [0.5, 0.6) is 0 Å². The topological polar surface area (TPSA) is 46.0 Å². The van der Waals surface area contributed by atoms with Crippen molar-refractivity contribution >= 4 is 6.08 Å². The minimum Gasteiger partial charge on any atom is -0.392 e. The monoisotopic (exact) mass is 240 g/mol. The third-order valence-electron chi connectivity index (χ3n) is 2.70. The van der Waals surface area contributed by atoms with Gasteiger partial charge in [0.05, 0.1) is 6.61 Å². The number of rotatable bonds is 4. The summed E-state index contributed by atoms with van der Waals surface area (Å²) in [4.78, 5) is 8.68. The van der Waals surface area contributed by atoms with Crippen molar-refractivity contribution in [1.82, 2.24) is 9.97 Å². The number of aromatic nitrogens is 2. The molecule has 3 nitrogen and oxygen atoms in total. The number of hydrogen-bond acceptors (Lipinski definition) is 3. The van der Waals surface area contributed by atoms with Crippen LogP contribution in [0.25, 0.3) is 17.5 Å². The lowest BCUT2D eigenvalue weighted by Crippen LogP contribution is -1.91. The van der Waals surface area contributed by atoms with Crippen molar-refractivity contribution in [1.29, 1.82) is 0 Å². The maximum Gasteiger partial charge on any atom is 0.159 e. The summed E-state index contributed by atoms with van der Waals surface area (Å²) in [5.41, 5.74) is 3.19. The number of aryl methyl sites for hydroxylation is 1. The lowest BCUT2D eigenvalue weighted by molar-refractivity contribution is 0.343. The number of nitrogens with zero attached hydrogens (tertiary/aromatic N) is 2. The Hall–Kier alpha value is -2.00. The first-order valence-electron chi connectivity index (χ1n) is 6.02. The highest BCUT2D eigenvalue weighted by molar-refractivity contribution is 5.59. The first kappa shape index (κ1) is 12.5. The quantitative estimate of drug-likeness (QED) is 0.893. The van der Waals surface area contributed by atoms with Gasteiger partial charge in [-0.15, -0.1) is 0 Å². The van der Waals surface area contributed by atoms with Crippen LogP contribution in [0.1, 0.15) is 18.1 Å². The summed E-state index contributed by atoms with van der Waals surface area (Å²) in [7, 11) is 0. The molecule has 0 aliphatic carbocycles. The molecule has 1 aromatic carbocycles. The van der Waals surface area contributed by atoms with Crippen molar-refractivity contribution in [2.45, 2.75) is 13.3 Å². The predicted octanol–water partition coefficient (Wildman–Crippen LogP) is 2.71. The second kappa shape index (κ2) is 6.07. The molecule has 0 fully saturated rings. The zero-order chi connectivity index (χ0) is 12.8. The van der Waals surface area contributed by atoms with Gasteiger partial charge in [-0.2, -0.15) is 0 Å². The Morgan fingerprint density at radius 1 is 1.11 bits per heavy atom. The van der Waals surface area contributed by atoms with Crippen molar-refractivity contribution in [2.24, 2.45) is 0 Å². The number of benzene rings is 1. The highest BCUT2D eigenvalue weighted by Crippen LogP contribution is 2.16. The Kier molecular flexibility index (Phi) is 4.20. The molecule has 0 radical (unpaired) electrons. The fraction of sp³-hybridized carbons (Fsp3) is 0.200. The van der Waals surface area contributed by atoms with Crippen LogP contribution in [0.3, 0.4) is 0 Å². The van der Waals surface area contributed by atoms with Gasteiger partial charge in [-0.1, -0.05) is 43.3 Å². The maximum atomic E-state index is 8.70. The van der Waals surface area contributed by atoms with Crippen LogP contribution < -0.4 is 0 Å². The third-order valence-corrected chi connectivity index (χ3v) is 2.70. The molecule has 0 atom stereocenters. The summed E-state index contributed by atoms with van der Waals surface area (Å²) >= 11 is 0. The van der Waals surface area contributed by atoms with Gasteiger partial charge in [0.1, 0.15) is 0 Å². The SMILES string of the molecule is CCc1cnc(-c2ccc(/C=C/CO)cc2)nc1. The molecular formula is C15H16N2O. The second-order valence-electron chi connectivity index (χ2n) is 3.98. The van der Waals surface area contributed by atoms with Crippen LogP contribution in [0.15, 0.2) is 42.7 Å². The van der Waals surface area contributed by atoms with Crippen LogP contribution in [0, 0.1) is 0 Å². The maximum absolute atomic E-state index is 8.70. The first-order chi connectivity index (χ1) is 8.83. The van der Waals surface area contributed by atoms with E-state index < -0.39 is 0 Å². The molecule has 1 heterocycles. The van der Waals surface area contributed by atoms with Crippen LogP contribution in [-0.4, -0.2) is 21.7 Å². The fourth-order valence-corrected chi connectivity index (χ4v) is 1.62.